The number of aliphatic hydroxyl groups is 1. The van der Waals surface area contributed by atoms with E-state index in [2.05, 4.69) is 21.3 Å². The number of para-hydroxylation sites is 3. The van der Waals surface area contributed by atoms with E-state index < -0.39 is 0 Å². The number of aliphatic hydroxyl groups excluding tert-OH is 1. The third-order valence-corrected chi connectivity index (χ3v) is 5.78. The molecule has 2 aromatic carbocycles. The Labute approximate surface area is 181 Å². The molecule has 0 saturated carbocycles. The summed E-state index contributed by atoms with van der Waals surface area (Å²) in [5.74, 6) is 0.437. The Morgan fingerprint density at radius 3 is 2.52 bits per heavy atom. The van der Waals surface area contributed by atoms with Gasteiger partial charge in [-0.2, -0.15) is 5.26 Å². The normalized spacial score (nSPS) is 16.0. The molecule has 1 fully saturated rings. The summed E-state index contributed by atoms with van der Waals surface area (Å²) in [6.07, 6.45) is 1.42. The molecule has 1 aliphatic heterocycles. The molecule has 1 aliphatic rings. The number of imidazole rings is 1. The third kappa shape index (κ3) is 4.44. The van der Waals surface area contributed by atoms with Gasteiger partial charge in [-0.25, -0.2) is 4.98 Å². The summed E-state index contributed by atoms with van der Waals surface area (Å²) in [5.41, 5.74) is 2.67. The Morgan fingerprint density at radius 2 is 1.84 bits per heavy atom. The second kappa shape index (κ2) is 9.02. The summed E-state index contributed by atoms with van der Waals surface area (Å²) in [7, 11) is 1.84. The number of aryl methyl sites for hydroxylation is 1. The minimum Gasteiger partial charge on any atom is -0.509 e. The third-order valence-electron chi connectivity index (χ3n) is 5.78. The topological polar surface area (TPSA) is 94.2 Å². The number of allylic oxidation sites excluding steroid dienone is 1. The molecule has 1 amide bonds. The number of amides is 1. The number of hydrogen-bond donors (Lipinski definition) is 2. The molecule has 0 unspecified atom stereocenters. The zero-order valence-corrected chi connectivity index (χ0v) is 17.5. The lowest BCUT2D eigenvalue weighted by molar-refractivity contribution is -0.121. The van der Waals surface area contributed by atoms with Gasteiger partial charge in [0.2, 0.25) is 5.91 Å². The van der Waals surface area contributed by atoms with Gasteiger partial charge in [0.15, 0.2) is 5.82 Å². The van der Waals surface area contributed by atoms with Gasteiger partial charge in [-0.3, -0.25) is 9.69 Å². The number of likely N-dealkylation sites (tertiary alicyclic amines) is 1. The van der Waals surface area contributed by atoms with Crippen LogP contribution in [0.3, 0.4) is 0 Å². The van der Waals surface area contributed by atoms with E-state index in [-0.39, 0.29) is 29.7 Å². The van der Waals surface area contributed by atoms with E-state index >= 15 is 0 Å². The van der Waals surface area contributed by atoms with Crippen molar-refractivity contribution in [1.82, 2.24) is 14.5 Å². The zero-order valence-electron chi connectivity index (χ0n) is 17.5. The maximum atomic E-state index is 12.5. The SMILES string of the molecule is Cn1c(/C(C#N)=C(\O)CN2CCC(C(=O)Nc3ccccc3)CC2)nc2ccccc21. The molecule has 0 aliphatic carbocycles. The largest absolute Gasteiger partial charge is 0.509 e. The summed E-state index contributed by atoms with van der Waals surface area (Å²) in [4.78, 5) is 19.1. The first-order valence-electron chi connectivity index (χ1n) is 10.4. The maximum absolute atomic E-state index is 12.5. The van der Waals surface area contributed by atoms with Crippen molar-refractivity contribution < 1.29 is 9.90 Å². The molecule has 1 aromatic heterocycles. The Kier molecular flexibility index (Phi) is 6.01. The van der Waals surface area contributed by atoms with Gasteiger partial charge < -0.3 is 15.0 Å². The highest BCUT2D eigenvalue weighted by Gasteiger charge is 2.26. The van der Waals surface area contributed by atoms with Crippen LogP contribution in [0.15, 0.2) is 60.4 Å². The minimum absolute atomic E-state index is 0.00749. The quantitative estimate of drug-likeness (QED) is 0.489. The lowest BCUT2D eigenvalue weighted by Crippen LogP contribution is -2.39. The lowest BCUT2D eigenvalue weighted by Gasteiger charge is -2.31. The molecule has 31 heavy (non-hydrogen) atoms. The van der Waals surface area contributed by atoms with Crippen LogP contribution in [0.25, 0.3) is 16.6 Å². The second-order valence-corrected chi connectivity index (χ2v) is 7.82. The van der Waals surface area contributed by atoms with Crippen LogP contribution in [0, 0.1) is 17.2 Å². The molecular formula is C24H25N5O2. The second-order valence-electron chi connectivity index (χ2n) is 7.82. The molecule has 7 heteroatoms. The van der Waals surface area contributed by atoms with Gasteiger partial charge in [-0.15, -0.1) is 0 Å². The number of nitriles is 1. The molecule has 4 rings (SSSR count). The number of anilines is 1. The molecule has 3 aromatic rings. The Morgan fingerprint density at radius 1 is 1.16 bits per heavy atom. The predicted octanol–water partition coefficient (Wildman–Crippen LogP) is 3.72. The van der Waals surface area contributed by atoms with Gasteiger partial charge in [-0.1, -0.05) is 30.3 Å². The smallest absolute Gasteiger partial charge is 0.227 e. The number of nitrogens with one attached hydrogen (secondary N) is 1. The van der Waals surface area contributed by atoms with Gasteiger partial charge in [0.25, 0.3) is 0 Å². The number of carbonyl (C=O) groups is 1. The van der Waals surface area contributed by atoms with Gasteiger partial charge >= 0.3 is 0 Å². The standard InChI is InChI=1S/C24H25N5O2/c1-28-21-10-6-5-9-20(21)27-23(28)19(15-25)22(30)16-29-13-11-17(12-14-29)24(31)26-18-7-3-2-4-8-18/h2-10,17,30H,11-14,16H2,1H3,(H,26,31)/b22-19-. The van der Waals surface area contributed by atoms with Crippen LogP contribution >= 0.6 is 0 Å². The number of hydrogen-bond acceptors (Lipinski definition) is 5. The average Bonchev–Trinajstić information content (AvgIpc) is 3.12. The number of rotatable bonds is 5. The van der Waals surface area contributed by atoms with Crippen molar-refractivity contribution in [3.63, 3.8) is 0 Å². The van der Waals surface area contributed by atoms with Gasteiger partial charge in [0, 0.05) is 18.7 Å². The van der Waals surface area contributed by atoms with E-state index in [4.69, 9.17) is 0 Å². The summed E-state index contributed by atoms with van der Waals surface area (Å²) in [5, 5.41) is 23.4. The van der Waals surface area contributed by atoms with Crippen LogP contribution in [-0.2, 0) is 11.8 Å². The number of fused-ring (bicyclic) bond motifs is 1. The first-order chi connectivity index (χ1) is 15.1. The zero-order chi connectivity index (χ0) is 21.8. The molecule has 2 heterocycles. The maximum Gasteiger partial charge on any atom is 0.227 e. The Balaban J connectivity index is 1.41. The van der Waals surface area contributed by atoms with Crippen molar-refractivity contribution >= 4 is 28.2 Å². The summed E-state index contributed by atoms with van der Waals surface area (Å²) in [6.45, 7) is 1.62. The van der Waals surface area contributed by atoms with Crippen molar-refractivity contribution in [2.24, 2.45) is 13.0 Å². The van der Waals surface area contributed by atoms with Crippen LogP contribution in [-0.4, -0.2) is 45.1 Å². The fraction of sp³-hybridized carbons (Fsp3) is 0.292. The minimum atomic E-state index is -0.0575. The Bertz CT molecular complexity index is 1150. The van der Waals surface area contributed by atoms with Crippen LogP contribution < -0.4 is 5.32 Å². The number of carbonyl (C=O) groups excluding carboxylic acids is 1. The highest BCUT2D eigenvalue weighted by Crippen LogP contribution is 2.24. The number of piperidine rings is 1. The highest BCUT2D eigenvalue weighted by atomic mass is 16.3. The van der Waals surface area contributed by atoms with Crippen LogP contribution in [0.2, 0.25) is 0 Å². The fourth-order valence-electron chi connectivity index (χ4n) is 4.02. The highest BCUT2D eigenvalue weighted by molar-refractivity contribution is 5.92. The van der Waals surface area contributed by atoms with Gasteiger partial charge in [0.05, 0.1) is 17.6 Å². The van der Waals surface area contributed by atoms with E-state index in [1.807, 2.05) is 66.2 Å². The number of aromatic nitrogens is 2. The molecule has 1 saturated heterocycles. The Hall–Kier alpha value is -3.63. The van der Waals surface area contributed by atoms with E-state index in [1.165, 1.54) is 0 Å². The van der Waals surface area contributed by atoms with Crippen molar-refractivity contribution in [2.45, 2.75) is 12.8 Å². The van der Waals surface area contributed by atoms with E-state index in [0.717, 1.165) is 16.7 Å². The monoisotopic (exact) mass is 415 g/mol. The molecule has 7 nitrogen and oxygen atoms in total. The molecule has 2 N–H and O–H groups in total. The van der Waals surface area contributed by atoms with Crippen molar-refractivity contribution in [1.29, 1.82) is 5.26 Å². The number of nitrogens with zero attached hydrogens (tertiary/aromatic N) is 4. The van der Waals surface area contributed by atoms with Crippen molar-refractivity contribution in [2.75, 3.05) is 25.0 Å². The van der Waals surface area contributed by atoms with Gasteiger partial charge in [-0.05, 0) is 50.2 Å². The van der Waals surface area contributed by atoms with Crippen LogP contribution in [0.4, 0.5) is 5.69 Å². The first-order valence-corrected chi connectivity index (χ1v) is 10.4. The van der Waals surface area contributed by atoms with E-state index in [1.54, 1.807) is 0 Å². The number of benzene rings is 2. The van der Waals surface area contributed by atoms with E-state index in [9.17, 15) is 15.2 Å². The summed E-state index contributed by atoms with van der Waals surface area (Å²) >= 11 is 0. The van der Waals surface area contributed by atoms with Crippen LogP contribution in [0.5, 0.6) is 0 Å². The lowest BCUT2D eigenvalue weighted by atomic mass is 9.95. The van der Waals surface area contributed by atoms with Crippen LogP contribution in [0.1, 0.15) is 18.7 Å². The molecule has 0 atom stereocenters. The van der Waals surface area contributed by atoms with Crippen molar-refractivity contribution in [3.05, 3.63) is 66.2 Å². The fourth-order valence-corrected chi connectivity index (χ4v) is 4.02. The average molecular weight is 415 g/mol. The van der Waals surface area contributed by atoms with E-state index in [0.29, 0.717) is 31.8 Å². The molecule has 158 valence electrons. The summed E-state index contributed by atoms with van der Waals surface area (Å²) in [6, 6.07) is 19.2. The molecular weight excluding hydrogens is 390 g/mol. The first kappa shape index (κ1) is 20.6. The molecule has 0 radical (unpaired) electrons. The molecule has 0 bridgehead atoms. The van der Waals surface area contributed by atoms with Crippen molar-refractivity contribution in [3.8, 4) is 6.07 Å². The molecule has 0 spiro atoms. The van der Waals surface area contributed by atoms with Gasteiger partial charge in [0.1, 0.15) is 17.4 Å². The predicted molar refractivity (Wildman–Crippen MR) is 120 cm³/mol. The summed E-state index contributed by atoms with van der Waals surface area (Å²) < 4.78 is 1.82.